The summed E-state index contributed by atoms with van der Waals surface area (Å²) in [4.78, 5) is 18.7. The van der Waals surface area contributed by atoms with Crippen LogP contribution in [0, 0.1) is 27.7 Å². The molecule has 0 radical (unpaired) electrons. The summed E-state index contributed by atoms with van der Waals surface area (Å²) < 4.78 is 7.81. The molecule has 1 amide bonds. The third kappa shape index (κ3) is 5.00. The molecule has 1 aliphatic heterocycles. The van der Waals surface area contributed by atoms with Crippen molar-refractivity contribution < 1.29 is 9.53 Å². The van der Waals surface area contributed by atoms with E-state index in [1.807, 2.05) is 36.4 Å². The molecule has 0 spiro atoms. The van der Waals surface area contributed by atoms with Crippen LogP contribution in [0.2, 0.25) is 0 Å². The standard InChI is InChI=1S/C31H33N5O2S/c1-18-13-19(2)15-24(14-18)35-20(3)16-25(21(35)4)30-29(26-9-7-8-12-32-26)34-31(39)36(30)23-10-11-28(38-6)27(17-23)33-22(5)37/h7-17,29-30H,1-6H3,(H,33,37)(H,34,39). The quantitative estimate of drug-likeness (QED) is 0.282. The van der Waals surface area contributed by atoms with E-state index in [1.165, 1.54) is 18.1 Å². The maximum Gasteiger partial charge on any atom is 0.221 e. The molecule has 0 aliphatic carbocycles. The minimum absolute atomic E-state index is 0.174. The maximum atomic E-state index is 11.9. The number of aromatic nitrogens is 2. The summed E-state index contributed by atoms with van der Waals surface area (Å²) in [5.74, 6) is 0.408. The van der Waals surface area contributed by atoms with E-state index in [0.29, 0.717) is 16.5 Å². The number of nitrogens with one attached hydrogen (secondary N) is 2. The van der Waals surface area contributed by atoms with E-state index in [-0.39, 0.29) is 18.0 Å². The third-order valence-electron chi connectivity index (χ3n) is 7.12. The lowest BCUT2D eigenvalue weighted by atomic mass is 9.96. The Bertz CT molecular complexity index is 1540. The van der Waals surface area contributed by atoms with Gasteiger partial charge in [-0.25, -0.2) is 0 Å². The lowest BCUT2D eigenvalue weighted by Crippen LogP contribution is -2.29. The van der Waals surface area contributed by atoms with Gasteiger partial charge < -0.3 is 24.8 Å². The van der Waals surface area contributed by atoms with Crippen LogP contribution in [0.3, 0.4) is 0 Å². The lowest BCUT2D eigenvalue weighted by Gasteiger charge is -2.29. The molecular formula is C31H33N5O2S. The average Bonchev–Trinajstić information content (AvgIpc) is 3.38. The zero-order chi connectivity index (χ0) is 27.8. The van der Waals surface area contributed by atoms with Gasteiger partial charge in [-0.05, 0) is 105 Å². The van der Waals surface area contributed by atoms with Crippen LogP contribution < -0.4 is 20.3 Å². The number of thiocarbonyl (C=S) groups is 1. The van der Waals surface area contributed by atoms with Crippen molar-refractivity contribution in [2.24, 2.45) is 0 Å². The molecule has 2 N–H and O–H groups in total. The zero-order valence-electron chi connectivity index (χ0n) is 23.1. The van der Waals surface area contributed by atoms with Gasteiger partial charge >= 0.3 is 0 Å². The molecule has 2 atom stereocenters. The summed E-state index contributed by atoms with van der Waals surface area (Å²) in [5, 5.41) is 7.01. The molecule has 2 aromatic heterocycles. The van der Waals surface area contributed by atoms with E-state index in [1.54, 1.807) is 13.3 Å². The van der Waals surface area contributed by atoms with Crippen molar-refractivity contribution in [2.75, 3.05) is 17.3 Å². The van der Waals surface area contributed by atoms with E-state index >= 15 is 0 Å². The number of anilines is 2. The highest BCUT2D eigenvalue weighted by Gasteiger charge is 2.42. The molecule has 4 aromatic rings. The number of hydrogen-bond acceptors (Lipinski definition) is 4. The number of rotatable bonds is 6. The minimum atomic E-state index is -0.183. The molecule has 3 heterocycles. The van der Waals surface area contributed by atoms with Crippen molar-refractivity contribution in [3.8, 4) is 11.4 Å². The van der Waals surface area contributed by atoms with E-state index in [0.717, 1.165) is 34.0 Å². The Hall–Kier alpha value is -4.17. The molecule has 1 saturated heterocycles. The van der Waals surface area contributed by atoms with E-state index in [9.17, 15) is 4.79 Å². The minimum Gasteiger partial charge on any atom is -0.495 e. The SMILES string of the molecule is COc1ccc(N2C(=S)NC(c3ccccn3)C2c2cc(C)n(-c3cc(C)cc(C)c3)c2C)cc1NC(C)=O. The van der Waals surface area contributed by atoms with Gasteiger partial charge in [-0.15, -0.1) is 0 Å². The topological polar surface area (TPSA) is 71.4 Å². The Labute approximate surface area is 234 Å². The van der Waals surface area contributed by atoms with Crippen molar-refractivity contribution in [2.45, 2.75) is 46.7 Å². The molecule has 1 aliphatic rings. The van der Waals surface area contributed by atoms with Crippen molar-refractivity contribution >= 4 is 34.6 Å². The monoisotopic (exact) mass is 539 g/mol. The maximum absolute atomic E-state index is 11.9. The molecule has 8 heteroatoms. The number of hydrogen-bond donors (Lipinski definition) is 2. The van der Waals surface area contributed by atoms with Crippen LogP contribution in [0.25, 0.3) is 5.69 Å². The summed E-state index contributed by atoms with van der Waals surface area (Å²) >= 11 is 5.94. The Kier molecular flexibility index (Phi) is 7.14. The highest BCUT2D eigenvalue weighted by molar-refractivity contribution is 7.80. The van der Waals surface area contributed by atoms with Gasteiger partial charge in [0.05, 0.1) is 30.6 Å². The second-order valence-corrected chi connectivity index (χ2v) is 10.5. The first-order chi connectivity index (χ1) is 18.7. The second-order valence-electron chi connectivity index (χ2n) is 10.1. The van der Waals surface area contributed by atoms with Crippen LogP contribution in [0.1, 0.15) is 52.8 Å². The van der Waals surface area contributed by atoms with Gasteiger partial charge in [-0.2, -0.15) is 0 Å². The van der Waals surface area contributed by atoms with Crippen molar-refractivity contribution in [1.29, 1.82) is 0 Å². The molecule has 0 saturated carbocycles. The van der Waals surface area contributed by atoms with Gasteiger partial charge in [0.25, 0.3) is 0 Å². The number of benzene rings is 2. The van der Waals surface area contributed by atoms with Gasteiger partial charge in [-0.1, -0.05) is 12.1 Å². The van der Waals surface area contributed by atoms with Crippen molar-refractivity contribution in [3.63, 3.8) is 0 Å². The molecule has 2 aromatic carbocycles. The molecule has 5 rings (SSSR count). The molecular weight excluding hydrogens is 506 g/mol. The summed E-state index contributed by atoms with van der Waals surface area (Å²) in [6, 6.07) is 20.2. The number of amides is 1. The summed E-state index contributed by atoms with van der Waals surface area (Å²) in [5.41, 5.74) is 9.34. The number of methoxy groups -OCH3 is 1. The van der Waals surface area contributed by atoms with Crippen LogP contribution in [-0.2, 0) is 4.79 Å². The third-order valence-corrected chi connectivity index (χ3v) is 7.44. The highest BCUT2D eigenvalue weighted by atomic mass is 32.1. The first-order valence-electron chi connectivity index (χ1n) is 12.9. The Morgan fingerprint density at radius 3 is 2.38 bits per heavy atom. The van der Waals surface area contributed by atoms with E-state index < -0.39 is 0 Å². The van der Waals surface area contributed by atoms with Crippen LogP contribution in [0.15, 0.2) is 66.9 Å². The van der Waals surface area contributed by atoms with Gasteiger partial charge in [0, 0.05) is 35.9 Å². The first-order valence-corrected chi connectivity index (χ1v) is 13.3. The largest absolute Gasteiger partial charge is 0.495 e. The van der Waals surface area contributed by atoms with Gasteiger partial charge in [-0.3, -0.25) is 9.78 Å². The van der Waals surface area contributed by atoms with Crippen LogP contribution in [0.5, 0.6) is 5.75 Å². The molecule has 39 heavy (non-hydrogen) atoms. The zero-order valence-corrected chi connectivity index (χ0v) is 23.9. The van der Waals surface area contributed by atoms with E-state index in [4.69, 9.17) is 21.9 Å². The first kappa shape index (κ1) is 26.4. The number of aryl methyl sites for hydroxylation is 3. The van der Waals surface area contributed by atoms with Gasteiger partial charge in [0.2, 0.25) is 5.91 Å². The van der Waals surface area contributed by atoms with Crippen LogP contribution in [-0.4, -0.2) is 27.7 Å². The molecule has 1 fully saturated rings. The summed E-state index contributed by atoms with van der Waals surface area (Å²) in [7, 11) is 1.59. The fourth-order valence-electron chi connectivity index (χ4n) is 5.65. The normalized spacial score (nSPS) is 16.8. The summed E-state index contributed by atoms with van der Waals surface area (Å²) in [6.07, 6.45) is 1.81. The number of carbonyl (C=O) groups excluding carboxylic acids is 1. The fraction of sp³-hybridized carbons (Fsp3) is 0.258. The molecule has 0 bridgehead atoms. The smallest absolute Gasteiger partial charge is 0.221 e. The Balaban J connectivity index is 1.69. The van der Waals surface area contributed by atoms with Gasteiger partial charge in [0.1, 0.15) is 5.75 Å². The average molecular weight is 540 g/mol. The van der Waals surface area contributed by atoms with Crippen molar-refractivity contribution in [3.05, 3.63) is 101 Å². The Morgan fingerprint density at radius 1 is 1.00 bits per heavy atom. The fourth-order valence-corrected chi connectivity index (χ4v) is 5.99. The van der Waals surface area contributed by atoms with Crippen LogP contribution >= 0.6 is 12.2 Å². The number of ether oxygens (including phenoxy) is 1. The molecule has 200 valence electrons. The van der Waals surface area contributed by atoms with Gasteiger partial charge in [0.15, 0.2) is 5.11 Å². The molecule has 2 unspecified atom stereocenters. The highest BCUT2D eigenvalue weighted by Crippen LogP contribution is 2.45. The lowest BCUT2D eigenvalue weighted by molar-refractivity contribution is -0.114. The summed E-state index contributed by atoms with van der Waals surface area (Å²) in [6.45, 7) is 10.0. The van der Waals surface area contributed by atoms with E-state index in [2.05, 4.69) is 72.1 Å². The number of nitrogens with zero attached hydrogens (tertiary/aromatic N) is 3. The predicted molar refractivity (Wildman–Crippen MR) is 160 cm³/mol. The number of pyridine rings is 1. The number of carbonyl (C=O) groups is 1. The van der Waals surface area contributed by atoms with Crippen LogP contribution in [0.4, 0.5) is 11.4 Å². The Morgan fingerprint density at radius 2 is 1.74 bits per heavy atom. The van der Waals surface area contributed by atoms with Crippen molar-refractivity contribution in [1.82, 2.24) is 14.9 Å². The second kappa shape index (κ2) is 10.5. The predicted octanol–water partition coefficient (Wildman–Crippen LogP) is 6.25. The molecule has 7 nitrogen and oxygen atoms in total.